The van der Waals surface area contributed by atoms with Crippen LogP contribution in [0, 0.1) is 6.42 Å². The number of Topliss-reactive ketones (excluding diaryl/α,β-unsaturated/α-hetero) is 1. The number of benzene rings is 1. The Kier molecular flexibility index (Phi) is 27.6. The molecule has 196 valence electrons. The van der Waals surface area contributed by atoms with Crippen LogP contribution in [0.15, 0.2) is 42.5 Å². The van der Waals surface area contributed by atoms with E-state index in [1.807, 2.05) is 24.6 Å². The molecule has 0 aliphatic heterocycles. The van der Waals surface area contributed by atoms with Crippen molar-refractivity contribution in [1.82, 2.24) is 0 Å². The third kappa shape index (κ3) is 29.5. The molecular weight excluding hydrogens is 469 g/mol. The van der Waals surface area contributed by atoms with Crippen LogP contribution in [-0.2, 0) is 21.3 Å². The number of unbranched alkanes of at least 4 members (excludes halogenated alkanes) is 11. The number of allylic oxidation sites excluding steroid dienone is 2. The summed E-state index contributed by atoms with van der Waals surface area (Å²) in [6, 6.07) is 10.2. The Hall–Kier alpha value is -0.630. The van der Waals surface area contributed by atoms with Gasteiger partial charge in [-0.25, -0.2) is 0 Å². The fourth-order valence-corrected chi connectivity index (χ4v) is 3.76. The molecule has 0 aliphatic carbocycles. The molecule has 0 saturated heterocycles. The van der Waals surface area contributed by atoms with Crippen LogP contribution >= 0.6 is 0 Å². The van der Waals surface area contributed by atoms with E-state index in [-0.39, 0.29) is 41.9 Å². The first-order valence-corrected chi connectivity index (χ1v) is 14.7. The molecule has 5 nitrogen and oxygen atoms in total. The second-order valence-electron chi connectivity index (χ2n) is 8.77. The van der Waals surface area contributed by atoms with E-state index in [1.165, 1.54) is 82.6 Å². The average molecular weight is 518 g/mol. The number of carbonyl (C=O) groups excluding carboxylic acids is 1. The first-order chi connectivity index (χ1) is 16.4. The molecule has 0 fully saturated rings. The van der Waals surface area contributed by atoms with Gasteiger partial charge in [0.25, 0.3) is 10.1 Å². The quantitative estimate of drug-likeness (QED) is 0.0900. The monoisotopic (exact) mass is 517 g/mol. The molecule has 1 rings (SSSR count). The van der Waals surface area contributed by atoms with Crippen molar-refractivity contribution in [2.45, 2.75) is 103 Å². The molecule has 0 atom stereocenters. The summed E-state index contributed by atoms with van der Waals surface area (Å²) >= 11 is 0. The summed E-state index contributed by atoms with van der Waals surface area (Å²) in [5, 5.41) is 0. The van der Waals surface area contributed by atoms with E-state index >= 15 is 0 Å². The normalized spacial score (nSPS) is 10.9. The first kappa shape index (κ1) is 36.5. The number of ketones is 1. The summed E-state index contributed by atoms with van der Waals surface area (Å²) in [5.41, 5.74) is 5.99. The Balaban J connectivity index is 0. The van der Waals surface area contributed by atoms with Gasteiger partial charge in [0, 0.05) is 6.54 Å². The predicted octanol–water partition coefficient (Wildman–Crippen LogP) is 3.88. The molecule has 0 radical (unpaired) electrons. The molecule has 1 aromatic rings. The van der Waals surface area contributed by atoms with E-state index in [2.05, 4.69) is 31.2 Å². The zero-order chi connectivity index (χ0) is 25.3. The fraction of sp³-hybridized carbons (Fsp3) is 0.643. The van der Waals surface area contributed by atoms with E-state index < -0.39 is 10.1 Å². The Morgan fingerprint density at radius 2 is 1.40 bits per heavy atom. The van der Waals surface area contributed by atoms with Gasteiger partial charge in [-0.2, -0.15) is 8.42 Å². The van der Waals surface area contributed by atoms with E-state index in [1.54, 1.807) is 0 Å². The summed E-state index contributed by atoms with van der Waals surface area (Å²) < 4.78 is 27.3. The molecule has 0 spiro atoms. The van der Waals surface area contributed by atoms with Gasteiger partial charge in [0.15, 0.2) is 0 Å². The zero-order valence-electron chi connectivity index (χ0n) is 22.3. The minimum absolute atomic E-state index is 0. The maximum Gasteiger partial charge on any atom is 1.00 e. The topological polar surface area (TPSA) is 97.5 Å². The molecule has 0 bridgehead atoms. The van der Waals surface area contributed by atoms with E-state index in [0.29, 0.717) is 12.2 Å². The summed E-state index contributed by atoms with van der Waals surface area (Å²) in [4.78, 5) is 11.9. The van der Waals surface area contributed by atoms with Crippen molar-refractivity contribution in [3.05, 3.63) is 54.5 Å². The van der Waals surface area contributed by atoms with Crippen molar-refractivity contribution in [1.29, 1.82) is 0 Å². The number of rotatable bonds is 20. The van der Waals surface area contributed by atoms with Gasteiger partial charge in [-0.1, -0.05) is 106 Å². The molecule has 1 aromatic carbocycles. The van der Waals surface area contributed by atoms with Crippen molar-refractivity contribution >= 4 is 15.9 Å². The minimum Gasteiger partial charge on any atom is -0.334 e. The second-order valence-corrected chi connectivity index (χ2v) is 10.3. The minimum atomic E-state index is -3.80. The van der Waals surface area contributed by atoms with E-state index in [4.69, 9.17) is 10.3 Å². The Bertz CT molecular complexity index is 724. The van der Waals surface area contributed by atoms with Crippen LogP contribution in [0.2, 0.25) is 0 Å². The summed E-state index contributed by atoms with van der Waals surface area (Å²) in [7, 11) is -3.80. The van der Waals surface area contributed by atoms with Gasteiger partial charge in [0.2, 0.25) is 0 Å². The SMILES string of the molecule is CCCCCCCC/C=C\CCCCCCCC(=O)[CH-]Cc1ccccc1.NCCS(=O)(=O)O.[Na+]. The average Bonchev–Trinajstić information content (AvgIpc) is 2.80. The Labute approximate surface area is 237 Å². The molecule has 7 heteroatoms. The van der Waals surface area contributed by atoms with Gasteiger partial charge in [0.05, 0.1) is 5.75 Å². The van der Waals surface area contributed by atoms with Gasteiger partial charge in [-0.15, -0.1) is 6.42 Å². The van der Waals surface area contributed by atoms with Crippen molar-refractivity contribution in [3.8, 4) is 0 Å². The molecule has 0 aromatic heterocycles. The Morgan fingerprint density at radius 3 is 1.89 bits per heavy atom. The van der Waals surface area contributed by atoms with Crippen LogP contribution in [0.1, 0.15) is 102 Å². The fourth-order valence-electron chi connectivity index (χ4n) is 3.47. The van der Waals surface area contributed by atoms with Crippen molar-refractivity contribution in [3.63, 3.8) is 0 Å². The summed E-state index contributed by atoms with van der Waals surface area (Å²) in [5.74, 6) is -0.0519. The summed E-state index contributed by atoms with van der Waals surface area (Å²) in [6.45, 7) is 2.24. The number of hydrogen-bond donors (Lipinski definition) is 2. The van der Waals surface area contributed by atoms with Crippen LogP contribution in [0.5, 0.6) is 0 Å². The van der Waals surface area contributed by atoms with Crippen LogP contribution in [-0.4, -0.2) is 31.1 Å². The van der Waals surface area contributed by atoms with Crippen molar-refractivity contribution in [2.24, 2.45) is 5.73 Å². The van der Waals surface area contributed by atoms with Gasteiger partial charge in [-0.05, 0) is 44.3 Å². The Morgan fingerprint density at radius 1 is 0.886 bits per heavy atom. The van der Waals surface area contributed by atoms with Crippen LogP contribution in [0.3, 0.4) is 0 Å². The third-order valence-corrected chi connectivity index (χ3v) is 6.22. The number of nitrogens with two attached hydrogens (primary N) is 1. The first-order valence-electron chi connectivity index (χ1n) is 13.1. The second kappa shape index (κ2) is 26.4. The number of carbonyl (C=O) groups is 1. The summed E-state index contributed by atoms with van der Waals surface area (Å²) in [6.07, 6.45) is 24.9. The third-order valence-electron chi connectivity index (χ3n) is 5.47. The molecule has 0 amide bonds. The van der Waals surface area contributed by atoms with Gasteiger partial charge in [-0.3, -0.25) is 4.55 Å². The maximum absolute atomic E-state index is 11.9. The van der Waals surface area contributed by atoms with Gasteiger partial charge in [0.1, 0.15) is 0 Å². The number of hydrogen-bond acceptors (Lipinski definition) is 4. The molecular formula is C28H48NNaO4S. The molecule has 0 unspecified atom stereocenters. The van der Waals surface area contributed by atoms with E-state index in [9.17, 15) is 13.2 Å². The zero-order valence-corrected chi connectivity index (χ0v) is 25.1. The molecule has 0 saturated carbocycles. The standard InChI is InChI=1S/C26H41O.C2H7NO3S.Na/c1-2-3-4-5-6-7-8-9-10-11-12-13-14-15-19-22-26(27)24-23-25-20-17-16-18-21-25;3-1-2-7(4,5)6;/h9-10,16-18,20-21,24H,2-8,11-15,19,22-23H2,1H3;1-3H2,(H,4,5,6);/q-1;;+1/b10-9-;;. The van der Waals surface area contributed by atoms with Crippen molar-refractivity contribution < 1.29 is 47.3 Å². The van der Waals surface area contributed by atoms with Gasteiger partial charge >= 0.3 is 29.6 Å². The van der Waals surface area contributed by atoms with Gasteiger partial charge < -0.3 is 16.9 Å². The molecule has 0 aliphatic rings. The molecule has 3 N–H and O–H groups in total. The molecule has 0 heterocycles. The van der Waals surface area contributed by atoms with Crippen LogP contribution in [0.25, 0.3) is 0 Å². The predicted molar refractivity (Wildman–Crippen MR) is 144 cm³/mol. The largest absolute Gasteiger partial charge is 1.00 e. The smallest absolute Gasteiger partial charge is 0.334 e. The van der Waals surface area contributed by atoms with Crippen LogP contribution < -0.4 is 35.3 Å². The van der Waals surface area contributed by atoms with Crippen molar-refractivity contribution in [2.75, 3.05) is 12.3 Å². The maximum atomic E-state index is 11.9. The van der Waals surface area contributed by atoms with Crippen LogP contribution in [0.4, 0.5) is 0 Å². The molecule has 35 heavy (non-hydrogen) atoms. The van der Waals surface area contributed by atoms with E-state index in [0.717, 1.165) is 12.8 Å².